The Labute approximate surface area is 215 Å². The van der Waals surface area contributed by atoms with Crippen LogP contribution in [0.3, 0.4) is 0 Å². The molecule has 6 nitrogen and oxygen atoms in total. The van der Waals surface area contributed by atoms with Crippen LogP contribution in [-0.4, -0.2) is 26.9 Å². The van der Waals surface area contributed by atoms with Crippen LogP contribution < -0.4 is 10.9 Å². The van der Waals surface area contributed by atoms with E-state index in [-0.39, 0.29) is 16.9 Å². The molecule has 0 fully saturated rings. The second-order valence-electron chi connectivity index (χ2n) is 8.91. The molecule has 9 heteroatoms. The molecule has 1 amide bonds. The van der Waals surface area contributed by atoms with Crippen LogP contribution in [0.4, 0.5) is 19.0 Å². The Morgan fingerprint density at radius 3 is 2.47 bits per heavy atom. The number of benzene rings is 2. The topological polar surface area (TPSA) is 79.8 Å². The second-order valence-corrected chi connectivity index (χ2v) is 8.91. The van der Waals surface area contributed by atoms with Gasteiger partial charge in [-0.25, -0.2) is 18.2 Å². The Kier molecular flexibility index (Phi) is 6.83. The third-order valence-electron chi connectivity index (χ3n) is 6.39. The van der Waals surface area contributed by atoms with Gasteiger partial charge in [0, 0.05) is 37.0 Å². The Hall–Kier alpha value is -4.66. The van der Waals surface area contributed by atoms with Crippen molar-refractivity contribution >= 4 is 22.6 Å². The smallest absolute Gasteiger partial charge is 0.260 e. The van der Waals surface area contributed by atoms with Gasteiger partial charge < -0.3 is 14.9 Å². The minimum absolute atomic E-state index is 0.152. The number of aryl methyl sites for hydroxylation is 1. The van der Waals surface area contributed by atoms with Gasteiger partial charge in [0.1, 0.15) is 11.6 Å². The molecule has 0 radical (unpaired) electrons. The van der Waals surface area contributed by atoms with Crippen molar-refractivity contribution in [3.63, 3.8) is 0 Å². The quantitative estimate of drug-likeness (QED) is 0.274. The number of nitrogens with zero attached hydrogens (tertiary/aromatic N) is 2. The molecule has 1 unspecified atom stereocenters. The normalized spacial score (nSPS) is 12.1. The number of H-pyrrole nitrogens is 1. The van der Waals surface area contributed by atoms with E-state index in [1.54, 1.807) is 25.4 Å². The summed E-state index contributed by atoms with van der Waals surface area (Å²) in [5, 5.41) is 3.15. The molecule has 192 valence electrons. The van der Waals surface area contributed by atoms with Gasteiger partial charge in [0.05, 0.1) is 22.5 Å². The molecular weight excluding hydrogens is 493 g/mol. The molecule has 0 saturated heterocycles. The summed E-state index contributed by atoms with van der Waals surface area (Å²) >= 11 is 0. The lowest BCUT2D eigenvalue weighted by molar-refractivity contribution is -0.118. The van der Waals surface area contributed by atoms with Crippen LogP contribution in [-0.2, 0) is 11.8 Å². The number of amides is 1. The van der Waals surface area contributed by atoms with Crippen molar-refractivity contribution in [1.29, 1.82) is 0 Å². The largest absolute Gasteiger partial charge is 0.354 e. The summed E-state index contributed by atoms with van der Waals surface area (Å²) in [5.74, 6) is -2.26. The van der Waals surface area contributed by atoms with Crippen LogP contribution in [0.5, 0.6) is 0 Å². The number of hydrogen-bond donors (Lipinski definition) is 2. The fourth-order valence-corrected chi connectivity index (χ4v) is 4.54. The van der Waals surface area contributed by atoms with E-state index < -0.39 is 30.5 Å². The molecule has 2 aromatic carbocycles. The van der Waals surface area contributed by atoms with E-state index in [2.05, 4.69) is 15.3 Å². The molecule has 0 saturated carbocycles. The predicted octanol–water partition coefficient (Wildman–Crippen LogP) is 6.11. The molecule has 2 N–H and O–H groups in total. The Morgan fingerprint density at radius 1 is 1.03 bits per heavy atom. The molecule has 0 spiro atoms. The molecule has 0 bridgehead atoms. The highest BCUT2D eigenvalue weighted by Gasteiger charge is 2.26. The van der Waals surface area contributed by atoms with E-state index in [9.17, 15) is 22.8 Å². The first-order valence-corrected chi connectivity index (χ1v) is 11.9. The van der Waals surface area contributed by atoms with Crippen LogP contribution in [0.2, 0.25) is 0 Å². The van der Waals surface area contributed by atoms with Crippen LogP contribution in [0.1, 0.15) is 17.9 Å². The molecule has 38 heavy (non-hydrogen) atoms. The summed E-state index contributed by atoms with van der Waals surface area (Å²) < 4.78 is 41.5. The summed E-state index contributed by atoms with van der Waals surface area (Å²) in [4.78, 5) is 33.7. The molecule has 0 aliphatic rings. The first-order valence-electron chi connectivity index (χ1n) is 11.9. The maximum atomic E-state index is 13.4. The number of pyridine rings is 2. The number of alkyl halides is 2. The summed E-state index contributed by atoms with van der Waals surface area (Å²) in [6.45, 7) is 0. The zero-order valence-corrected chi connectivity index (χ0v) is 20.3. The van der Waals surface area contributed by atoms with Crippen molar-refractivity contribution < 1.29 is 18.0 Å². The number of aromatic amines is 1. The highest BCUT2D eigenvalue weighted by atomic mass is 19.3. The van der Waals surface area contributed by atoms with E-state index in [1.165, 1.54) is 22.9 Å². The van der Waals surface area contributed by atoms with Crippen LogP contribution in [0, 0.1) is 5.82 Å². The fourth-order valence-electron chi connectivity index (χ4n) is 4.54. The summed E-state index contributed by atoms with van der Waals surface area (Å²) in [6, 6.07) is 19.5. The SMILES string of the molecule is Cn1ccc2[nH]c(-c3ccnc(NC(=O)C(CC(F)F)c4ccc(F)cc4)c3)c(-c3ccccc3)c2c1=O. The zero-order chi connectivity index (χ0) is 26.8. The minimum Gasteiger partial charge on any atom is -0.354 e. The number of fused-ring (bicyclic) bond motifs is 1. The van der Waals surface area contributed by atoms with Gasteiger partial charge >= 0.3 is 0 Å². The molecule has 3 aromatic heterocycles. The van der Waals surface area contributed by atoms with E-state index in [1.807, 2.05) is 36.4 Å². The third kappa shape index (κ3) is 4.95. The number of hydrogen-bond acceptors (Lipinski definition) is 3. The number of anilines is 1. The van der Waals surface area contributed by atoms with Crippen LogP contribution >= 0.6 is 0 Å². The maximum absolute atomic E-state index is 13.4. The molecule has 0 aliphatic carbocycles. The van der Waals surface area contributed by atoms with Gasteiger partial charge in [0.25, 0.3) is 5.56 Å². The van der Waals surface area contributed by atoms with Gasteiger partial charge in [-0.2, -0.15) is 0 Å². The highest BCUT2D eigenvalue weighted by molar-refractivity contribution is 6.03. The average Bonchev–Trinajstić information content (AvgIpc) is 3.31. The molecule has 0 aliphatic heterocycles. The van der Waals surface area contributed by atoms with Crippen molar-refractivity contribution in [2.24, 2.45) is 7.05 Å². The van der Waals surface area contributed by atoms with Gasteiger partial charge in [-0.05, 0) is 41.5 Å². The van der Waals surface area contributed by atoms with Crippen LogP contribution in [0.25, 0.3) is 33.3 Å². The molecule has 5 rings (SSSR count). The van der Waals surface area contributed by atoms with Gasteiger partial charge in [0.15, 0.2) is 0 Å². The molecular formula is C29H23F3N4O2. The Balaban J connectivity index is 1.55. The second kappa shape index (κ2) is 10.4. The summed E-state index contributed by atoms with van der Waals surface area (Å²) in [7, 11) is 1.68. The lowest BCUT2D eigenvalue weighted by atomic mass is 9.95. The Bertz CT molecular complexity index is 1660. The van der Waals surface area contributed by atoms with Gasteiger partial charge in [-0.3, -0.25) is 9.59 Å². The highest BCUT2D eigenvalue weighted by Crippen LogP contribution is 2.37. The number of nitrogens with one attached hydrogen (secondary N) is 2. The van der Waals surface area contributed by atoms with Crippen LogP contribution in [0.15, 0.2) is 90.0 Å². The van der Waals surface area contributed by atoms with Gasteiger partial charge in [-0.1, -0.05) is 42.5 Å². The Morgan fingerprint density at radius 2 is 1.76 bits per heavy atom. The lowest BCUT2D eigenvalue weighted by Gasteiger charge is -2.17. The first kappa shape index (κ1) is 25.0. The number of halogens is 3. The minimum atomic E-state index is -2.74. The van der Waals surface area contributed by atoms with Crippen molar-refractivity contribution in [3.05, 3.63) is 107 Å². The van der Waals surface area contributed by atoms with Crippen molar-refractivity contribution in [3.8, 4) is 22.4 Å². The van der Waals surface area contributed by atoms with E-state index in [0.29, 0.717) is 27.7 Å². The monoisotopic (exact) mass is 516 g/mol. The van der Waals surface area contributed by atoms with E-state index in [4.69, 9.17) is 0 Å². The molecule has 5 aromatic rings. The lowest BCUT2D eigenvalue weighted by Crippen LogP contribution is -2.23. The first-order chi connectivity index (χ1) is 18.3. The summed E-state index contributed by atoms with van der Waals surface area (Å²) in [6.07, 6.45) is -0.294. The third-order valence-corrected chi connectivity index (χ3v) is 6.39. The van der Waals surface area contributed by atoms with Crippen molar-refractivity contribution in [2.45, 2.75) is 18.8 Å². The average molecular weight is 517 g/mol. The van der Waals surface area contributed by atoms with Crippen molar-refractivity contribution in [1.82, 2.24) is 14.5 Å². The zero-order valence-electron chi connectivity index (χ0n) is 20.3. The number of rotatable bonds is 7. The van der Waals surface area contributed by atoms with Gasteiger partial charge in [-0.15, -0.1) is 0 Å². The number of aromatic nitrogens is 3. The van der Waals surface area contributed by atoms with E-state index >= 15 is 0 Å². The molecule has 3 heterocycles. The van der Waals surface area contributed by atoms with Gasteiger partial charge in [0.2, 0.25) is 12.3 Å². The fraction of sp³-hybridized carbons (Fsp3) is 0.138. The predicted molar refractivity (Wildman–Crippen MR) is 141 cm³/mol. The van der Waals surface area contributed by atoms with Crippen molar-refractivity contribution in [2.75, 3.05) is 5.32 Å². The standard InChI is InChI=1S/C29H23F3N4O2/c1-36-14-12-22-26(29(36)38)25(18-5-3-2-4-6-18)27(34-22)19-11-13-33-24(15-19)35-28(37)21(16-23(31)32)17-7-9-20(30)10-8-17/h2-15,21,23,34H,16H2,1H3,(H,33,35,37). The summed E-state index contributed by atoms with van der Waals surface area (Å²) in [5.41, 5.74) is 3.57. The number of carbonyl (C=O) groups is 1. The number of carbonyl (C=O) groups excluding carboxylic acids is 1. The maximum Gasteiger partial charge on any atom is 0.260 e. The molecule has 1 atom stereocenters. The van der Waals surface area contributed by atoms with E-state index in [0.717, 1.165) is 17.7 Å².